The zero-order chi connectivity index (χ0) is 19.9. The third-order valence-electron chi connectivity index (χ3n) is 4.54. The van der Waals surface area contributed by atoms with Gasteiger partial charge in [0.05, 0.1) is 29.0 Å². The number of nitrogens with one attached hydrogen (secondary N) is 1. The summed E-state index contributed by atoms with van der Waals surface area (Å²) < 4.78 is 5.55. The topological polar surface area (TPSA) is 78.5 Å². The number of amides is 1. The van der Waals surface area contributed by atoms with Crippen LogP contribution >= 0.6 is 11.6 Å². The molecule has 0 saturated carbocycles. The third-order valence-corrected chi connectivity index (χ3v) is 4.94. The molecule has 2 aromatic heterocycles. The number of carbonyl (C=O) groups excluding carboxylic acids is 1. The van der Waals surface area contributed by atoms with Gasteiger partial charge in [0.15, 0.2) is 0 Å². The van der Waals surface area contributed by atoms with Crippen LogP contribution < -0.4 is 10.5 Å². The highest BCUT2D eigenvalue weighted by molar-refractivity contribution is 6.37. The second-order valence-corrected chi connectivity index (χ2v) is 8.41. The number of carbonyl (C=O) groups is 1. The Bertz CT molecular complexity index is 909. The van der Waals surface area contributed by atoms with Crippen LogP contribution in [0.2, 0.25) is 5.02 Å². The lowest BCUT2D eigenvalue weighted by atomic mass is 10.1. The molecule has 0 bridgehead atoms. The Hall–Kier alpha value is -2.28. The van der Waals surface area contributed by atoms with E-state index in [0.29, 0.717) is 29.1 Å². The molecule has 1 fully saturated rings. The molecule has 2 atom stereocenters. The van der Waals surface area contributed by atoms with E-state index in [1.807, 2.05) is 34.6 Å². The Morgan fingerprint density at radius 1 is 1.26 bits per heavy atom. The Labute approximate surface area is 163 Å². The number of rotatable bonds is 1. The van der Waals surface area contributed by atoms with Gasteiger partial charge in [-0.2, -0.15) is 0 Å². The summed E-state index contributed by atoms with van der Waals surface area (Å²) in [6.07, 6.45) is 1.37. The van der Waals surface area contributed by atoms with Gasteiger partial charge in [0.25, 0.3) is 0 Å². The number of ether oxygens (including phenoxy) is 1. The number of nitrogens with zero attached hydrogens (tertiary/aromatic N) is 3. The Morgan fingerprint density at radius 3 is 2.48 bits per heavy atom. The van der Waals surface area contributed by atoms with Gasteiger partial charge in [-0.05, 0) is 40.7 Å². The van der Waals surface area contributed by atoms with Gasteiger partial charge < -0.3 is 14.6 Å². The molecule has 2 aromatic rings. The maximum Gasteiger partial charge on any atom is 0.410 e. The van der Waals surface area contributed by atoms with Crippen molar-refractivity contribution in [1.29, 1.82) is 0 Å². The minimum absolute atomic E-state index is 0.0501. The van der Waals surface area contributed by atoms with Crippen LogP contribution in [0.3, 0.4) is 0 Å². The van der Waals surface area contributed by atoms with E-state index in [1.54, 1.807) is 17.2 Å². The predicted octanol–water partition coefficient (Wildman–Crippen LogP) is 3.41. The molecular formula is C19H25ClN4O3. The Balaban J connectivity index is 1.86. The summed E-state index contributed by atoms with van der Waals surface area (Å²) in [6.45, 7) is 10.8. The average molecular weight is 393 g/mol. The highest BCUT2D eigenvalue weighted by Gasteiger charge is 2.36. The van der Waals surface area contributed by atoms with Crippen molar-refractivity contribution >= 4 is 34.4 Å². The van der Waals surface area contributed by atoms with E-state index in [-0.39, 0.29) is 23.7 Å². The van der Waals surface area contributed by atoms with Gasteiger partial charge in [0.2, 0.25) is 5.56 Å². The molecule has 27 heavy (non-hydrogen) atoms. The number of halogens is 1. The number of aromatic nitrogens is 2. The molecule has 1 amide bonds. The first-order valence-electron chi connectivity index (χ1n) is 9.00. The van der Waals surface area contributed by atoms with Gasteiger partial charge >= 0.3 is 6.09 Å². The van der Waals surface area contributed by atoms with Crippen LogP contribution in [0.1, 0.15) is 34.6 Å². The molecule has 1 N–H and O–H groups in total. The highest BCUT2D eigenvalue weighted by Crippen LogP contribution is 2.33. The van der Waals surface area contributed by atoms with E-state index in [2.05, 4.69) is 14.9 Å². The molecule has 0 aromatic carbocycles. The number of hydrogen-bond donors (Lipinski definition) is 1. The quantitative estimate of drug-likeness (QED) is 0.804. The summed E-state index contributed by atoms with van der Waals surface area (Å²) in [5, 5.41) is 1.24. The summed E-state index contributed by atoms with van der Waals surface area (Å²) in [5.74, 6) is 0. The summed E-state index contributed by atoms with van der Waals surface area (Å²) >= 11 is 6.60. The van der Waals surface area contributed by atoms with Crippen LogP contribution in [-0.2, 0) is 4.74 Å². The van der Waals surface area contributed by atoms with Gasteiger partial charge in [0, 0.05) is 24.5 Å². The number of pyridine rings is 2. The molecule has 146 valence electrons. The van der Waals surface area contributed by atoms with Crippen LogP contribution in [0.5, 0.6) is 0 Å². The number of hydrogen-bond acceptors (Lipinski definition) is 5. The van der Waals surface area contributed by atoms with Crippen LogP contribution in [0, 0.1) is 0 Å². The smallest absolute Gasteiger partial charge is 0.410 e. The normalized spacial score (nSPS) is 20.8. The average Bonchev–Trinajstić information content (AvgIpc) is 2.52. The largest absolute Gasteiger partial charge is 0.444 e. The molecule has 7 nitrogen and oxygen atoms in total. The maximum absolute atomic E-state index is 12.6. The number of anilines is 1. The van der Waals surface area contributed by atoms with E-state index >= 15 is 0 Å². The second-order valence-electron chi connectivity index (χ2n) is 8.03. The molecule has 0 radical (unpaired) electrons. The fourth-order valence-electron chi connectivity index (χ4n) is 3.48. The van der Waals surface area contributed by atoms with Crippen LogP contribution in [0.25, 0.3) is 11.0 Å². The van der Waals surface area contributed by atoms with E-state index in [4.69, 9.17) is 16.3 Å². The van der Waals surface area contributed by atoms with Gasteiger partial charge in [-0.3, -0.25) is 9.69 Å². The zero-order valence-electron chi connectivity index (χ0n) is 16.2. The number of H-pyrrole nitrogens is 1. The van der Waals surface area contributed by atoms with Gasteiger partial charge in [-0.25, -0.2) is 9.78 Å². The van der Waals surface area contributed by atoms with Crippen molar-refractivity contribution in [2.75, 3.05) is 18.0 Å². The maximum atomic E-state index is 12.6. The molecule has 0 spiro atoms. The highest BCUT2D eigenvalue weighted by atomic mass is 35.5. The van der Waals surface area contributed by atoms with E-state index in [0.717, 1.165) is 5.69 Å². The van der Waals surface area contributed by atoms with Gasteiger partial charge in [-0.1, -0.05) is 11.6 Å². The van der Waals surface area contributed by atoms with E-state index < -0.39 is 5.60 Å². The van der Waals surface area contributed by atoms with E-state index in [9.17, 15) is 9.59 Å². The molecule has 1 aliphatic heterocycles. The molecule has 1 aliphatic rings. The molecule has 0 unspecified atom stereocenters. The minimum atomic E-state index is -0.532. The van der Waals surface area contributed by atoms with Gasteiger partial charge in [0.1, 0.15) is 11.2 Å². The van der Waals surface area contributed by atoms with Crippen molar-refractivity contribution in [1.82, 2.24) is 14.9 Å². The second kappa shape index (κ2) is 7.03. The summed E-state index contributed by atoms with van der Waals surface area (Å²) in [6, 6.07) is 3.01. The number of aromatic amines is 1. The molecule has 3 heterocycles. The number of fused-ring (bicyclic) bond motifs is 1. The lowest BCUT2D eigenvalue weighted by Gasteiger charge is -2.45. The summed E-state index contributed by atoms with van der Waals surface area (Å²) in [5.41, 5.74) is 0.506. The van der Waals surface area contributed by atoms with E-state index in [1.165, 1.54) is 6.07 Å². The monoisotopic (exact) mass is 392 g/mol. The minimum Gasteiger partial charge on any atom is -0.444 e. The first kappa shape index (κ1) is 19.5. The predicted molar refractivity (Wildman–Crippen MR) is 107 cm³/mol. The molecule has 3 rings (SSSR count). The van der Waals surface area contributed by atoms with Crippen molar-refractivity contribution in [2.45, 2.75) is 52.3 Å². The summed E-state index contributed by atoms with van der Waals surface area (Å²) in [7, 11) is 0. The van der Waals surface area contributed by atoms with Crippen LogP contribution in [0.4, 0.5) is 10.5 Å². The number of piperazine rings is 1. The van der Waals surface area contributed by atoms with Gasteiger partial charge in [-0.15, -0.1) is 0 Å². The third kappa shape index (κ3) is 4.03. The fourth-order valence-corrected chi connectivity index (χ4v) is 3.80. The van der Waals surface area contributed by atoms with Crippen molar-refractivity contribution in [3.8, 4) is 0 Å². The van der Waals surface area contributed by atoms with Crippen molar-refractivity contribution < 1.29 is 9.53 Å². The first-order chi connectivity index (χ1) is 12.6. The molecule has 8 heteroatoms. The zero-order valence-corrected chi connectivity index (χ0v) is 17.0. The fraction of sp³-hybridized carbons (Fsp3) is 0.526. The SMILES string of the molecule is C[C@@H]1CN(c2cnc3[nH]c(=O)ccc3c2Cl)C[C@H](C)N1C(=O)OC(C)(C)C. The lowest BCUT2D eigenvalue weighted by Crippen LogP contribution is -2.59. The molecular weight excluding hydrogens is 368 g/mol. The van der Waals surface area contributed by atoms with Crippen molar-refractivity contribution in [2.24, 2.45) is 0 Å². The first-order valence-corrected chi connectivity index (χ1v) is 9.38. The lowest BCUT2D eigenvalue weighted by molar-refractivity contribution is 0.00566. The standard InChI is InChI=1S/C19H25ClN4O3/c1-11-9-23(10-12(2)24(11)18(26)27-19(3,4)5)14-8-21-17-13(16(14)20)6-7-15(25)22-17/h6-8,11-12H,9-10H2,1-5H3,(H,21,22,25)/t11-,12+. The molecule has 0 aliphatic carbocycles. The van der Waals surface area contributed by atoms with Crippen molar-refractivity contribution in [3.63, 3.8) is 0 Å². The Morgan fingerprint density at radius 2 is 1.89 bits per heavy atom. The van der Waals surface area contributed by atoms with Crippen LogP contribution in [-0.4, -0.2) is 51.7 Å². The van der Waals surface area contributed by atoms with Crippen molar-refractivity contribution in [3.05, 3.63) is 33.7 Å². The molecule has 1 saturated heterocycles. The van der Waals surface area contributed by atoms with Crippen LogP contribution in [0.15, 0.2) is 23.1 Å². The summed E-state index contributed by atoms with van der Waals surface area (Å²) in [4.78, 5) is 35.0. The Kier molecular flexibility index (Phi) is 5.08.